The van der Waals surface area contributed by atoms with Gasteiger partial charge in [0.05, 0.1) is 0 Å². The highest BCUT2D eigenvalue weighted by atomic mass is 16.2. The molecule has 1 saturated heterocycles. The number of hydrogen-bond acceptors (Lipinski definition) is 1. The number of amides is 2. The normalized spacial score (nSPS) is 21.3. The van der Waals surface area contributed by atoms with Gasteiger partial charge in [-0.15, -0.1) is 0 Å². The molecule has 3 nitrogen and oxygen atoms in total. The Kier molecular flexibility index (Phi) is 5.42. The second kappa shape index (κ2) is 6.68. The Morgan fingerprint density at radius 2 is 1.21 bits per heavy atom. The van der Waals surface area contributed by atoms with Crippen LogP contribution in [0.3, 0.4) is 0 Å². The van der Waals surface area contributed by atoms with Crippen LogP contribution in [0.15, 0.2) is 0 Å². The van der Waals surface area contributed by atoms with E-state index >= 15 is 0 Å². The molecule has 14 heavy (non-hydrogen) atoms. The molecule has 1 saturated carbocycles. The summed E-state index contributed by atoms with van der Waals surface area (Å²) in [6.45, 7) is 1.71. The number of carbonyl (C=O) groups is 1. The zero-order valence-electron chi connectivity index (χ0n) is 9.00. The highest BCUT2D eigenvalue weighted by Crippen LogP contribution is 2.15. The van der Waals surface area contributed by atoms with Gasteiger partial charge >= 0.3 is 6.03 Å². The molecule has 0 bridgehead atoms. The van der Waals surface area contributed by atoms with E-state index in [4.69, 9.17) is 5.73 Å². The summed E-state index contributed by atoms with van der Waals surface area (Å²) >= 11 is 0. The van der Waals surface area contributed by atoms with Gasteiger partial charge in [-0.2, -0.15) is 0 Å². The molecule has 0 radical (unpaired) electrons. The summed E-state index contributed by atoms with van der Waals surface area (Å²) in [5.74, 6) is 0. The van der Waals surface area contributed by atoms with E-state index in [9.17, 15) is 4.79 Å². The number of carbonyl (C=O) groups excluding carboxylic acids is 1. The summed E-state index contributed by atoms with van der Waals surface area (Å²) in [7, 11) is 0. The Balaban J connectivity index is 0.000000253. The van der Waals surface area contributed by atoms with Crippen molar-refractivity contribution in [3.8, 4) is 0 Å². The third-order valence-electron chi connectivity index (χ3n) is 2.92. The first-order valence-corrected chi connectivity index (χ1v) is 5.85. The zero-order valence-corrected chi connectivity index (χ0v) is 9.00. The maximum absolute atomic E-state index is 10.3. The van der Waals surface area contributed by atoms with E-state index in [-0.39, 0.29) is 7.46 Å². The lowest BCUT2D eigenvalue weighted by Gasteiger charge is -2.09. The molecule has 84 valence electrons. The van der Waals surface area contributed by atoms with Gasteiger partial charge in [0.2, 0.25) is 0 Å². The van der Waals surface area contributed by atoms with Crippen molar-refractivity contribution in [1.29, 1.82) is 0 Å². The van der Waals surface area contributed by atoms with Crippen LogP contribution in [0.25, 0.3) is 0 Å². The fourth-order valence-electron chi connectivity index (χ4n) is 2.00. The van der Waals surface area contributed by atoms with Crippen LogP contribution in [0, 0.1) is 0 Å². The van der Waals surface area contributed by atoms with Gasteiger partial charge in [-0.05, 0) is 12.8 Å². The summed E-state index contributed by atoms with van der Waals surface area (Å²) < 4.78 is 0. The van der Waals surface area contributed by atoms with E-state index in [1.54, 1.807) is 4.90 Å². The van der Waals surface area contributed by atoms with Crippen molar-refractivity contribution in [2.24, 2.45) is 5.73 Å². The number of rotatable bonds is 0. The summed E-state index contributed by atoms with van der Waals surface area (Å²) in [5.41, 5.74) is 4.98. The first-order chi connectivity index (χ1) is 6.80. The van der Waals surface area contributed by atoms with E-state index in [1.807, 2.05) is 0 Å². The zero-order chi connectivity index (χ0) is 10.2. The molecule has 0 aromatic rings. The number of nitrogens with two attached hydrogens (primary N) is 1. The average Bonchev–Trinajstić information content (AvgIpc) is 2.74. The first-order valence-electron chi connectivity index (χ1n) is 5.85. The molecule has 0 aromatic carbocycles. The summed E-state index contributed by atoms with van der Waals surface area (Å²) in [4.78, 5) is 12.0. The van der Waals surface area contributed by atoms with Crippen molar-refractivity contribution >= 4 is 6.03 Å². The van der Waals surface area contributed by atoms with Gasteiger partial charge in [-0.1, -0.05) is 38.5 Å². The molecule has 3 heteroatoms. The van der Waals surface area contributed by atoms with Crippen molar-refractivity contribution in [2.75, 3.05) is 13.1 Å². The van der Waals surface area contributed by atoms with Gasteiger partial charge in [0.25, 0.3) is 0 Å². The Bertz CT molecular complexity index is 154. The number of urea groups is 1. The number of likely N-dealkylation sites (tertiary alicyclic amines) is 1. The van der Waals surface area contributed by atoms with Crippen molar-refractivity contribution in [1.82, 2.24) is 4.90 Å². The van der Waals surface area contributed by atoms with Crippen LogP contribution in [-0.2, 0) is 0 Å². The van der Waals surface area contributed by atoms with Crippen LogP contribution < -0.4 is 5.73 Å². The first kappa shape index (κ1) is 11.3. The molecule has 1 heterocycles. The van der Waals surface area contributed by atoms with Gasteiger partial charge < -0.3 is 10.6 Å². The van der Waals surface area contributed by atoms with Crippen molar-refractivity contribution in [2.45, 2.75) is 51.4 Å². The Labute approximate surface area is 88.1 Å². The van der Waals surface area contributed by atoms with Crippen molar-refractivity contribution in [3.63, 3.8) is 0 Å². The number of nitrogens with zero attached hydrogens (tertiary/aromatic N) is 1. The Morgan fingerprint density at radius 1 is 0.857 bits per heavy atom. The van der Waals surface area contributed by atoms with Gasteiger partial charge in [-0.3, -0.25) is 0 Å². The Hall–Kier alpha value is -0.730. The quantitative estimate of drug-likeness (QED) is 0.642. The van der Waals surface area contributed by atoms with Crippen LogP contribution in [0.4, 0.5) is 4.79 Å². The van der Waals surface area contributed by atoms with Crippen molar-refractivity contribution < 1.29 is 6.22 Å². The topological polar surface area (TPSA) is 46.3 Å². The van der Waals surface area contributed by atoms with Crippen LogP contribution in [0.2, 0.25) is 0 Å². The standard InChI is InChI=1S/C6H12.C5H10N2O.H2/c1-2-4-6-5-3-1;6-5(8)7-3-1-2-4-7;/h1-6H2;1-4H2,(H2,6,8);1H. The van der Waals surface area contributed by atoms with E-state index < -0.39 is 0 Å². The fraction of sp³-hybridized carbons (Fsp3) is 0.909. The lowest BCUT2D eigenvalue weighted by Crippen LogP contribution is -2.32. The summed E-state index contributed by atoms with van der Waals surface area (Å²) in [6.07, 6.45) is 11.2. The molecular formula is C11H24N2O. The smallest absolute Gasteiger partial charge is 0.314 e. The highest BCUT2D eigenvalue weighted by Gasteiger charge is 2.13. The molecule has 1 aliphatic carbocycles. The van der Waals surface area contributed by atoms with E-state index in [0.717, 1.165) is 25.9 Å². The average molecular weight is 200 g/mol. The van der Waals surface area contributed by atoms with E-state index in [2.05, 4.69) is 0 Å². The molecule has 2 N–H and O–H groups in total. The van der Waals surface area contributed by atoms with Gasteiger partial charge in [0, 0.05) is 14.5 Å². The van der Waals surface area contributed by atoms with E-state index in [0.29, 0.717) is 0 Å². The molecule has 0 aromatic heterocycles. The molecule has 2 amide bonds. The fourth-order valence-corrected chi connectivity index (χ4v) is 2.00. The number of primary amides is 1. The van der Waals surface area contributed by atoms with Crippen molar-refractivity contribution in [3.05, 3.63) is 0 Å². The highest BCUT2D eigenvalue weighted by molar-refractivity contribution is 5.72. The molecular weight excluding hydrogens is 176 g/mol. The minimum absolute atomic E-state index is 0. The third-order valence-corrected chi connectivity index (χ3v) is 2.92. The Morgan fingerprint density at radius 3 is 1.43 bits per heavy atom. The van der Waals surface area contributed by atoms with Gasteiger partial charge in [-0.25, -0.2) is 4.79 Å². The number of hydrogen-bond donors (Lipinski definition) is 1. The summed E-state index contributed by atoms with van der Waals surface area (Å²) in [6, 6.07) is -0.275. The van der Waals surface area contributed by atoms with Gasteiger partial charge in [0.1, 0.15) is 0 Å². The predicted molar refractivity (Wildman–Crippen MR) is 60.2 cm³/mol. The van der Waals surface area contributed by atoms with Crippen LogP contribution in [-0.4, -0.2) is 24.0 Å². The molecule has 2 rings (SSSR count). The molecule has 2 aliphatic rings. The molecule has 2 fully saturated rings. The minimum atomic E-state index is -0.275. The lowest BCUT2D eigenvalue weighted by molar-refractivity contribution is 0.218. The maximum atomic E-state index is 10.3. The maximum Gasteiger partial charge on any atom is 0.314 e. The molecule has 0 unspecified atom stereocenters. The second-order valence-corrected chi connectivity index (χ2v) is 4.15. The summed E-state index contributed by atoms with van der Waals surface area (Å²) in [5, 5.41) is 0. The predicted octanol–water partition coefficient (Wildman–Crippen LogP) is 2.75. The third kappa shape index (κ3) is 4.49. The SMILES string of the molecule is C1CCCCC1.NC(=O)N1CCCC1.[HH]. The lowest BCUT2D eigenvalue weighted by atomic mass is 10.0. The van der Waals surface area contributed by atoms with Crippen LogP contribution in [0.5, 0.6) is 0 Å². The van der Waals surface area contributed by atoms with Crippen LogP contribution in [0.1, 0.15) is 52.8 Å². The molecule has 0 atom stereocenters. The monoisotopic (exact) mass is 200 g/mol. The van der Waals surface area contributed by atoms with Crippen LogP contribution >= 0.6 is 0 Å². The molecule has 0 spiro atoms. The minimum Gasteiger partial charge on any atom is -0.351 e. The molecule has 1 aliphatic heterocycles. The van der Waals surface area contributed by atoms with Gasteiger partial charge in [0.15, 0.2) is 0 Å². The largest absolute Gasteiger partial charge is 0.351 e. The second-order valence-electron chi connectivity index (χ2n) is 4.15. The van der Waals surface area contributed by atoms with E-state index in [1.165, 1.54) is 38.5 Å².